The largest absolute Gasteiger partial charge is 0.300 e. The molecule has 2 aliphatic rings. The molecule has 4 heteroatoms. The Labute approximate surface area is 69.8 Å². The van der Waals surface area contributed by atoms with Crippen molar-refractivity contribution in [2.45, 2.75) is 0 Å². The van der Waals surface area contributed by atoms with Crippen LogP contribution in [-0.2, 0) is 0 Å². The van der Waals surface area contributed by atoms with Crippen LogP contribution in [0.4, 0.5) is 0 Å². The summed E-state index contributed by atoms with van der Waals surface area (Å²) in [5.41, 5.74) is 4.40. The number of hydrazine groups is 1. The van der Waals surface area contributed by atoms with Crippen molar-refractivity contribution in [1.82, 2.24) is 10.4 Å². The zero-order valence-electron chi connectivity index (χ0n) is 6.23. The fraction of sp³-hybridized carbons (Fsp3) is 0. The number of aliphatic imine (C=N–C) groups is 1. The Kier molecular flexibility index (Phi) is 1.42. The Balaban J connectivity index is 2.33. The lowest BCUT2D eigenvalue weighted by Crippen LogP contribution is -2.32. The van der Waals surface area contributed by atoms with Crippen LogP contribution in [0.5, 0.6) is 0 Å². The minimum Gasteiger partial charge on any atom is -0.300 e. The second-order valence-electron chi connectivity index (χ2n) is 2.36. The summed E-state index contributed by atoms with van der Waals surface area (Å²) < 4.78 is 0. The van der Waals surface area contributed by atoms with Crippen molar-refractivity contribution < 1.29 is 0 Å². The van der Waals surface area contributed by atoms with Crippen LogP contribution in [0.2, 0.25) is 0 Å². The molecule has 0 unspecified atom stereocenters. The van der Waals surface area contributed by atoms with Crippen molar-refractivity contribution >= 4 is 6.21 Å². The van der Waals surface area contributed by atoms with E-state index < -0.39 is 0 Å². The van der Waals surface area contributed by atoms with Crippen molar-refractivity contribution in [2.24, 2.45) is 4.99 Å². The summed E-state index contributed by atoms with van der Waals surface area (Å²) >= 11 is 0. The molecule has 0 bridgehead atoms. The van der Waals surface area contributed by atoms with Crippen LogP contribution in [0.3, 0.4) is 0 Å². The summed E-state index contributed by atoms with van der Waals surface area (Å²) in [5, 5.41) is 10.4. The van der Waals surface area contributed by atoms with Crippen LogP contribution >= 0.6 is 0 Å². The van der Waals surface area contributed by atoms with Gasteiger partial charge in [-0.3, -0.25) is 10.0 Å². The number of nitriles is 1. The lowest BCUT2D eigenvalue weighted by atomic mass is 10.2. The highest BCUT2D eigenvalue weighted by Crippen LogP contribution is 2.12. The van der Waals surface area contributed by atoms with Gasteiger partial charge in [0.1, 0.15) is 6.07 Å². The first-order valence-corrected chi connectivity index (χ1v) is 3.47. The van der Waals surface area contributed by atoms with Gasteiger partial charge in [0, 0.05) is 18.6 Å². The van der Waals surface area contributed by atoms with E-state index >= 15 is 0 Å². The monoisotopic (exact) mass is 158 g/mol. The molecule has 0 atom stereocenters. The van der Waals surface area contributed by atoms with Crippen molar-refractivity contribution in [3.63, 3.8) is 0 Å². The molecule has 2 rings (SSSR count). The summed E-state index contributed by atoms with van der Waals surface area (Å²) in [5.74, 6) is 0. The summed E-state index contributed by atoms with van der Waals surface area (Å²) in [6, 6.07) is 2.05. The first kappa shape index (κ1) is 6.68. The maximum Gasteiger partial charge on any atom is 0.101 e. The first-order valence-electron chi connectivity index (χ1n) is 3.47. The zero-order valence-corrected chi connectivity index (χ0v) is 6.23. The summed E-state index contributed by atoms with van der Waals surface area (Å²) in [6.45, 7) is 0. The number of nitrogens with zero attached hydrogens (tertiary/aromatic N) is 3. The average molecular weight is 158 g/mol. The van der Waals surface area contributed by atoms with Gasteiger partial charge in [-0.25, -0.2) is 0 Å². The fourth-order valence-corrected chi connectivity index (χ4v) is 1.00. The Morgan fingerprint density at radius 1 is 1.58 bits per heavy atom. The third-order valence-electron chi connectivity index (χ3n) is 1.58. The molecule has 0 aromatic rings. The number of hydrogen-bond donors (Lipinski definition) is 1. The molecule has 0 amide bonds. The minimum atomic E-state index is 0.600. The lowest BCUT2D eigenvalue weighted by molar-refractivity contribution is 0.406. The molecule has 2 aliphatic heterocycles. The highest BCUT2D eigenvalue weighted by atomic mass is 15.5. The van der Waals surface area contributed by atoms with Crippen LogP contribution < -0.4 is 5.43 Å². The molecule has 12 heavy (non-hydrogen) atoms. The van der Waals surface area contributed by atoms with Crippen molar-refractivity contribution in [3.8, 4) is 6.07 Å². The first-order chi connectivity index (χ1) is 5.90. The lowest BCUT2D eigenvalue weighted by Gasteiger charge is -2.25. The molecule has 4 nitrogen and oxygen atoms in total. The van der Waals surface area contributed by atoms with Crippen molar-refractivity contribution in [1.29, 1.82) is 5.26 Å². The quantitative estimate of drug-likeness (QED) is 0.563. The van der Waals surface area contributed by atoms with Gasteiger partial charge in [0.05, 0.1) is 17.5 Å². The SMILES string of the molecule is N#CC1=CNN2C=CN=CC2=C1. The Hall–Kier alpha value is -2.02. The van der Waals surface area contributed by atoms with Crippen LogP contribution in [0.25, 0.3) is 0 Å². The molecule has 0 aliphatic carbocycles. The van der Waals surface area contributed by atoms with Crippen molar-refractivity contribution in [2.75, 3.05) is 0 Å². The van der Waals surface area contributed by atoms with E-state index in [4.69, 9.17) is 5.26 Å². The highest BCUT2D eigenvalue weighted by molar-refractivity contribution is 5.81. The van der Waals surface area contributed by atoms with E-state index in [2.05, 4.69) is 10.4 Å². The predicted molar refractivity (Wildman–Crippen MR) is 44.4 cm³/mol. The Morgan fingerprint density at radius 3 is 3.33 bits per heavy atom. The predicted octanol–water partition coefficient (Wildman–Crippen LogP) is 0.654. The Morgan fingerprint density at radius 2 is 2.50 bits per heavy atom. The van der Waals surface area contributed by atoms with Crippen LogP contribution in [0, 0.1) is 11.3 Å². The molecule has 0 spiro atoms. The van der Waals surface area contributed by atoms with Gasteiger partial charge in [0.25, 0.3) is 0 Å². The second-order valence-corrected chi connectivity index (χ2v) is 2.36. The van der Waals surface area contributed by atoms with Gasteiger partial charge >= 0.3 is 0 Å². The van der Waals surface area contributed by atoms with E-state index in [1.54, 1.807) is 35.9 Å². The number of fused-ring (bicyclic) bond motifs is 1. The van der Waals surface area contributed by atoms with E-state index in [0.29, 0.717) is 5.57 Å². The van der Waals surface area contributed by atoms with E-state index in [1.165, 1.54) is 0 Å². The van der Waals surface area contributed by atoms with Crippen LogP contribution in [0.1, 0.15) is 0 Å². The third kappa shape index (κ3) is 0.974. The summed E-state index contributed by atoms with van der Waals surface area (Å²) in [4.78, 5) is 3.94. The number of allylic oxidation sites excluding steroid dienone is 3. The van der Waals surface area contributed by atoms with Gasteiger partial charge in [-0.05, 0) is 6.08 Å². The number of nitrogens with one attached hydrogen (secondary N) is 1. The van der Waals surface area contributed by atoms with Gasteiger partial charge in [-0.2, -0.15) is 5.26 Å². The van der Waals surface area contributed by atoms with Gasteiger partial charge < -0.3 is 5.43 Å². The number of rotatable bonds is 0. The molecular weight excluding hydrogens is 152 g/mol. The van der Waals surface area contributed by atoms with E-state index in [9.17, 15) is 0 Å². The maximum atomic E-state index is 8.60. The molecule has 2 heterocycles. The molecule has 0 aromatic heterocycles. The zero-order chi connectivity index (χ0) is 8.39. The molecule has 0 saturated heterocycles. The van der Waals surface area contributed by atoms with Gasteiger partial charge in [-0.1, -0.05) is 0 Å². The van der Waals surface area contributed by atoms with Crippen LogP contribution in [0.15, 0.2) is 40.9 Å². The van der Waals surface area contributed by atoms with Crippen molar-refractivity contribution in [3.05, 3.63) is 35.9 Å². The van der Waals surface area contributed by atoms with Gasteiger partial charge in [0.15, 0.2) is 0 Å². The topological polar surface area (TPSA) is 51.4 Å². The molecule has 0 fully saturated rings. The van der Waals surface area contributed by atoms with Gasteiger partial charge in [-0.15, -0.1) is 0 Å². The maximum absolute atomic E-state index is 8.60. The molecule has 0 aromatic carbocycles. The normalized spacial score (nSPS) is 18.8. The minimum absolute atomic E-state index is 0.600. The summed E-state index contributed by atoms with van der Waals surface area (Å²) in [6.07, 6.45) is 8.57. The van der Waals surface area contributed by atoms with E-state index in [1.807, 2.05) is 6.07 Å². The molecule has 58 valence electrons. The molecular formula is C8H6N4. The summed E-state index contributed by atoms with van der Waals surface area (Å²) in [7, 11) is 0. The van der Waals surface area contributed by atoms with E-state index in [-0.39, 0.29) is 0 Å². The Bertz CT molecular complexity index is 354. The fourth-order valence-electron chi connectivity index (χ4n) is 1.00. The van der Waals surface area contributed by atoms with Crippen LogP contribution in [-0.4, -0.2) is 11.2 Å². The van der Waals surface area contributed by atoms with E-state index in [0.717, 1.165) is 5.70 Å². The smallest absolute Gasteiger partial charge is 0.101 e. The third-order valence-corrected chi connectivity index (χ3v) is 1.58. The molecule has 0 saturated carbocycles. The second kappa shape index (κ2) is 2.55. The standard InChI is InChI=1S/C8H6N4/c9-4-7-3-8-6-10-1-2-12(8)11-5-7/h1-3,5-6,11H. The molecule has 1 N–H and O–H groups in total. The highest BCUT2D eigenvalue weighted by Gasteiger charge is 2.10. The number of hydrogen-bond acceptors (Lipinski definition) is 4. The average Bonchev–Trinajstić information content (AvgIpc) is 2.17. The van der Waals surface area contributed by atoms with Gasteiger partial charge in [0.2, 0.25) is 0 Å². The molecule has 0 radical (unpaired) electrons.